The molecule has 0 fully saturated rings. The maximum Gasteiger partial charge on any atom is 0.411 e. The highest BCUT2D eigenvalue weighted by atomic mass is 32.2. The molecule has 6 nitrogen and oxygen atoms in total. The van der Waals surface area contributed by atoms with Gasteiger partial charge in [0.05, 0.1) is 11.5 Å². The molecule has 0 saturated heterocycles. The average Bonchev–Trinajstić information content (AvgIpc) is 2.62. The van der Waals surface area contributed by atoms with E-state index >= 15 is 0 Å². The molecule has 2 N–H and O–H groups in total. The molecule has 0 aliphatic heterocycles. The fraction of sp³-hybridized carbons (Fsp3) is 0.316. The normalized spacial score (nSPS) is 13.0. The van der Waals surface area contributed by atoms with E-state index in [9.17, 15) is 30.8 Å². The summed E-state index contributed by atoms with van der Waals surface area (Å²) in [6, 6.07) is 7.82. The third kappa shape index (κ3) is 6.99. The second-order valence-corrected chi connectivity index (χ2v) is 8.28. The molecule has 2 aromatic carbocycles. The molecule has 1 atom stereocenters. The lowest BCUT2D eigenvalue weighted by atomic mass is 10.1. The second-order valence-electron chi connectivity index (χ2n) is 6.59. The van der Waals surface area contributed by atoms with Crippen LogP contribution in [0.25, 0.3) is 0 Å². The number of amides is 1. The van der Waals surface area contributed by atoms with Crippen molar-refractivity contribution in [2.75, 3.05) is 17.9 Å². The zero-order chi connectivity index (χ0) is 22.5. The minimum Gasteiger partial charge on any atom is -0.370 e. The van der Waals surface area contributed by atoms with E-state index in [1.54, 1.807) is 6.92 Å². The lowest BCUT2D eigenvalue weighted by Crippen LogP contribution is -2.37. The van der Waals surface area contributed by atoms with Crippen LogP contribution in [0.2, 0.25) is 0 Å². The van der Waals surface area contributed by atoms with Crippen molar-refractivity contribution in [3.8, 4) is 0 Å². The van der Waals surface area contributed by atoms with Crippen LogP contribution in [-0.4, -0.2) is 39.8 Å². The molecular formula is C19H20F4N2O4S. The molecule has 11 heteroatoms. The highest BCUT2D eigenvalue weighted by Gasteiger charge is 2.28. The molecule has 0 aliphatic carbocycles. The van der Waals surface area contributed by atoms with E-state index < -0.39 is 40.6 Å². The Morgan fingerprint density at radius 2 is 1.77 bits per heavy atom. The van der Waals surface area contributed by atoms with Crippen LogP contribution in [0, 0.1) is 12.7 Å². The molecule has 2 aromatic rings. The first-order valence-corrected chi connectivity index (χ1v) is 10.2. The van der Waals surface area contributed by atoms with Crippen molar-refractivity contribution in [2.45, 2.75) is 31.0 Å². The second kappa shape index (κ2) is 9.43. The number of sulfonamides is 1. The molecule has 0 aliphatic rings. The number of halogens is 4. The SMILES string of the molecule is Cc1ccc(S(=O)(=O)Nc2ccc(F)cc2)cc1C(=O)NC(C)COCC(F)(F)F. The Hall–Kier alpha value is -2.66. The third-order valence-corrected chi connectivity index (χ3v) is 5.25. The van der Waals surface area contributed by atoms with Crippen LogP contribution in [0.3, 0.4) is 0 Å². The summed E-state index contributed by atoms with van der Waals surface area (Å²) in [6.45, 7) is 1.24. The number of rotatable bonds is 8. The average molecular weight is 448 g/mol. The summed E-state index contributed by atoms with van der Waals surface area (Å²) in [7, 11) is -4.06. The maximum absolute atomic E-state index is 13.0. The third-order valence-electron chi connectivity index (χ3n) is 3.87. The number of carbonyl (C=O) groups excluding carboxylic acids is 1. The first-order valence-electron chi connectivity index (χ1n) is 8.72. The Bertz CT molecular complexity index is 993. The van der Waals surface area contributed by atoms with Gasteiger partial charge in [-0.05, 0) is 55.8 Å². The standard InChI is InChI=1S/C19H20F4N2O4S/c1-12-3-8-16(30(27,28)25-15-6-4-14(20)5-7-15)9-17(12)18(26)24-13(2)10-29-11-19(21,22)23/h3-9,13,25H,10-11H2,1-2H3,(H,24,26). The van der Waals surface area contributed by atoms with Gasteiger partial charge in [-0.3, -0.25) is 9.52 Å². The number of alkyl halides is 3. The summed E-state index contributed by atoms with van der Waals surface area (Å²) in [6.07, 6.45) is -4.47. The largest absolute Gasteiger partial charge is 0.411 e. The van der Waals surface area contributed by atoms with Crippen LogP contribution >= 0.6 is 0 Å². The molecule has 1 amide bonds. The van der Waals surface area contributed by atoms with Crippen molar-refractivity contribution >= 4 is 21.6 Å². The van der Waals surface area contributed by atoms with Crippen LogP contribution < -0.4 is 10.0 Å². The summed E-state index contributed by atoms with van der Waals surface area (Å²) in [5.41, 5.74) is 0.648. The number of hydrogen-bond acceptors (Lipinski definition) is 4. The van der Waals surface area contributed by atoms with Gasteiger partial charge in [-0.2, -0.15) is 13.2 Å². The lowest BCUT2D eigenvalue weighted by molar-refractivity contribution is -0.174. The Kier molecular flexibility index (Phi) is 7.43. The van der Waals surface area contributed by atoms with Crippen molar-refractivity contribution in [1.29, 1.82) is 0 Å². The Labute approximate surface area is 171 Å². The van der Waals surface area contributed by atoms with Crippen molar-refractivity contribution in [3.05, 3.63) is 59.4 Å². The molecule has 164 valence electrons. The minimum atomic E-state index is -4.47. The number of nitrogens with one attached hydrogen (secondary N) is 2. The summed E-state index contributed by atoms with van der Waals surface area (Å²) >= 11 is 0. The van der Waals surface area contributed by atoms with E-state index in [-0.39, 0.29) is 22.8 Å². The summed E-state index contributed by atoms with van der Waals surface area (Å²) < 4.78 is 81.3. The van der Waals surface area contributed by atoms with E-state index in [1.165, 1.54) is 31.2 Å². The van der Waals surface area contributed by atoms with Crippen LogP contribution in [0.1, 0.15) is 22.8 Å². The molecule has 0 bridgehead atoms. The first kappa shape index (κ1) is 23.6. The number of aryl methyl sites for hydroxylation is 1. The fourth-order valence-corrected chi connectivity index (χ4v) is 3.52. The van der Waals surface area contributed by atoms with Crippen molar-refractivity contribution in [2.24, 2.45) is 0 Å². The molecule has 1 unspecified atom stereocenters. The van der Waals surface area contributed by atoms with Gasteiger partial charge in [0.15, 0.2) is 0 Å². The van der Waals surface area contributed by atoms with Crippen molar-refractivity contribution < 1.29 is 35.5 Å². The smallest absolute Gasteiger partial charge is 0.370 e. The number of benzene rings is 2. The monoisotopic (exact) mass is 448 g/mol. The molecular weight excluding hydrogens is 428 g/mol. The molecule has 0 aromatic heterocycles. The summed E-state index contributed by atoms with van der Waals surface area (Å²) in [5.74, 6) is -1.19. The van der Waals surface area contributed by atoms with Crippen molar-refractivity contribution in [3.63, 3.8) is 0 Å². The van der Waals surface area contributed by atoms with E-state index in [2.05, 4.69) is 14.8 Å². The quantitative estimate of drug-likeness (QED) is 0.604. The van der Waals surface area contributed by atoms with Crippen LogP contribution in [0.15, 0.2) is 47.4 Å². The van der Waals surface area contributed by atoms with Crippen LogP contribution in [0.4, 0.5) is 23.2 Å². The Morgan fingerprint density at radius 1 is 1.13 bits per heavy atom. The lowest BCUT2D eigenvalue weighted by Gasteiger charge is -2.16. The number of carbonyl (C=O) groups is 1. The number of ether oxygens (including phenoxy) is 1. The highest BCUT2D eigenvalue weighted by molar-refractivity contribution is 7.92. The zero-order valence-electron chi connectivity index (χ0n) is 16.1. The van der Waals surface area contributed by atoms with Gasteiger partial charge in [-0.25, -0.2) is 12.8 Å². The predicted molar refractivity (Wildman–Crippen MR) is 102 cm³/mol. The fourth-order valence-electron chi connectivity index (χ4n) is 2.44. The predicted octanol–water partition coefficient (Wildman–Crippen LogP) is 3.63. The maximum atomic E-state index is 13.0. The highest BCUT2D eigenvalue weighted by Crippen LogP contribution is 2.20. The van der Waals surface area contributed by atoms with Gasteiger partial charge in [-0.1, -0.05) is 6.07 Å². The van der Waals surface area contributed by atoms with Crippen LogP contribution in [0.5, 0.6) is 0 Å². The van der Waals surface area contributed by atoms with Gasteiger partial charge < -0.3 is 10.1 Å². The first-order chi connectivity index (χ1) is 13.9. The summed E-state index contributed by atoms with van der Waals surface area (Å²) in [4.78, 5) is 12.3. The number of hydrogen-bond donors (Lipinski definition) is 2. The van der Waals surface area contributed by atoms with Gasteiger partial charge in [0, 0.05) is 17.3 Å². The number of anilines is 1. The van der Waals surface area contributed by atoms with Gasteiger partial charge in [0.25, 0.3) is 15.9 Å². The van der Waals surface area contributed by atoms with Crippen molar-refractivity contribution in [1.82, 2.24) is 5.32 Å². The molecule has 0 saturated carbocycles. The van der Waals surface area contributed by atoms with Gasteiger partial charge in [0.2, 0.25) is 0 Å². The molecule has 2 rings (SSSR count). The van der Waals surface area contributed by atoms with E-state index in [4.69, 9.17) is 0 Å². The molecule has 0 radical (unpaired) electrons. The Morgan fingerprint density at radius 3 is 2.37 bits per heavy atom. The van der Waals surface area contributed by atoms with Gasteiger partial charge in [0.1, 0.15) is 12.4 Å². The molecule has 30 heavy (non-hydrogen) atoms. The topological polar surface area (TPSA) is 84.5 Å². The summed E-state index contributed by atoms with van der Waals surface area (Å²) in [5, 5.41) is 2.47. The Balaban J connectivity index is 2.11. The zero-order valence-corrected chi connectivity index (χ0v) is 16.9. The molecule has 0 heterocycles. The van der Waals surface area contributed by atoms with Gasteiger partial charge >= 0.3 is 6.18 Å². The minimum absolute atomic E-state index is 0.0413. The van der Waals surface area contributed by atoms with E-state index in [0.717, 1.165) is 18.2 Å². The van der Waals surface area contributed by atoms with E-state index in [0.29, 0.717) is 5.56 Å². The van der Waals surface area contributed by atoms with Gasteiger partial charge in [-0.15, -0.1) is 0 Å². The van der Waals surface area contributed by atoms with E-state index in [1.807, 2.05) is 0 Å². The molecule has 0 spiro atoms. The van der Waals surface area contributed by atoms with Crippen LogP contribution in [-0.2, 0) is 14.8 Å².